The normalized spacial score (nSPS) is 16.8. The molecule has 5 heteroatoms. The number of carbonyl (C=O) groups is 1. The Morgan fingerprint density at radius 1 is 1.11 bits per heavy atom. The molecule has 0 saturated carbocycles. The van der Waals surface area contributed by atoms with E-state index in [1.54, 1.807) is 6.20 Å². The number of ether oxygens (including phenoxy) is 1. The number of aldehydes is 1. The van der Waals surface area contributed by atoms with Gasteiger partial charge in [-0.2, -0.15) is 0 Å². The van der Waals surface area contributed by atoms with E-state index in [1.165, 1.54) is 0 Å². The molecule has 4 rings (SSSR count). The second-order valence-corrected chi connectivity index (χ2v) is 7.38. The molecule has 1 fully saturated rings. The molecular weight excluding hydrogens is 372 g/mol. The van der Waals surface area contributed by atoms with E-state index in [-0.39, 0.29) is 0 Å². The van der Waals surface area contributed by atoms with Crippen molar-refractivity contribution in [3.8, 4) is 11.5 Å². The van der Waals surface area contributed by atoms with E-state index in [0.717, 1.165) is 49.3 Å². The summed E-state index contributed by atoms with van der Waals surface area (Å²) in [5, 5.41) is 0.696. The van der Waals surface area contributed by atoms with Gasteiger partial charge in [-0.3, -0.25) is 14.7 Å². The minimum Gasteiger partial charge on any atom is -0.457 e. The molecule has 0 N–H and O–H groups in total. The van der Waals surface area contributed by atoms with Gasteiger partial charge in [-0.1, -0.05) is 35.9 Å². The third kappa shape index (κ3) is 4.24. The lowest BCUT2D eigenvalue weighted by atomic mass is 9.94. The van der Waals surface area contributed by atoms with Crippen LogP contribution in [0.5, 0.6) is 11.5 Å². The van der Waals surface area contributed by atoms with Crippen LogP contribution in [0, 0.1) is 0 Å². The summed E-state index contributed by atoms with van der Waals surface area (Å²) in [6.45, 7) is 2.56. The van der Waals surface area contributed by atoms with Crippen LogP contribution in [0.15, 0.2) is 66.9 Å². The molecule has 2 aromatic carbocycles. The third-order valence-electron chi connectivity index (χ3n) is 5.08. The molecule has 0 radical (unpaired) electrons. The van der Waals surface area contributed by atoms with Crippen molar-refractivity contribution < 1.29 is 9.53 Å². The quantitative estimate of drug-likeness (QED) is 0.532. The SMILES string of the molecule is O=Cc1cc(Oc2ccccc2)ccc1C1CCN(Cc2ncccc2Cl)C1. The first-order chi connectivity index (χ1) is 13.7. The molecule has 0 amide bonds. The first-order valence-corrected chi connectivity index (χ1v) is 9.74. The van der Waals surface area contributed by atoms with Crippen molar-refractivity contribution in [2.45, 2.75) is 18.9 Å². The summed E-state index contributed by atoms with van der Waals surface area (Å²) < 4.78 is 5.86. The molecule has 28 heavy (non-hydrogen) atoms. The predicted octanol–water partition coefficient (Wildman–Crippen LogP) is 5.33. The number of likely N-dealkylation sites (tertiary alicyclic amines) is 1. The minimum absolute atomic E-state index is 0.313. The van der Waals surface area contributed by atoms with Crippen LogP contribution in [0.25, 0.3) is 0 Å². The number of pyridine rings is 1. The fourth-order valence-corrected chi connectivity index (χ4v) is 3.87. The maximum absolute atomic E-state index is 11.7. The molecular formula is C23H21ClN2O2. The monoisotopic (exact) mass is 392 g/mol. The van der Waals surface area contributed by atoms with Crippen molar-refractivity contribution in [3.05, 3.63) is 88.7 Å². The molecule has 1 aromatic heterocycles. The summed E-state index contributed by atoms with van der Waals surface area (Å²) in [5.74, 6) is 1.74. The van der Waals surface area contributed by atoms with Crippen molar-refractivity contribution in [1.82, 2.24) is 9.88 Å². The molecule has 1 aliphatic rings. The van der Waals surface area contributed by atoms with Crippen LogP contribution in [0.2, 0.25) is 5.02 Å². The number of para-hydroxylation sites is 1. The maximum Gasteiger partial charge on any atom is 0.150 e. The van der Waals surface area contributed by atoms with Crippen LogP contribution in [0.1, 0.15) is 34.0 Å². The van der Waals surface area contributed by atoms with Crippen LogP contribution >= 0.6 is 11.6 Å². The number of aromatic nitrogens is 1. The van der Waals surface area contributed by atoms with Gasteiger partial charge >= 0.3 is 0 Å². The predicted molar refractivity (Wildman–Crippen MR) is 110 cm³/mol. The minimum atomic E-state index is 0.313. The average molecular weight is 393 g/mol. The summed E-state index contributed by atoms with van der Waals surface area (Å²) in [5.41, 5.74) is 2.66. The van der Waals surface area contributed by atoms with Crippen LogP contribution < -0.4 is 4.74 Å². The zero-order valence-corrected chi connectivity index (χ0v) is 16.2. The van der Waals surface area contributed by atoms with E-state index in [2.05, 4.69) is 9.88 Å². The number of nitrogens with zero attached hydrogens (tertiary/aromatic N) is 2. The Labute approximate surface area is 169 Å². The lowest BCUT2D eigenvalue weighted by Crippen LogP contribution is -2.20. The summed E-state index contributed by atoms with van der Waals surface area (Å²) >= 11 is 6.24. The van der Waals surface area contributed by atoms with E-state index in [0.29, 0.717) is 22.3 Å². The zero-order valence-electron chi connectivity index (χ0n) is 15.4. The summed E-state index contributed by atoms with van der Waals surface area (Å²) in [6.07, 6.45) is 3.69. The second-order valence-electron chi connectivity index (χ2n) is 6.98. The summed E-state index contributed by atoms with van der Waals surface area (Å²) in [6, 6.07) is 19.1. The third-order valence-corrected chi connectivity index (χ3v) is 5.43. The summed E-state index contributed by atoms with van der Waals surface area (Å²) in [7, 11) is 0. The molecule has 1 atom stereocenters. The molecule has 142 valence electrons. The lowest BCUT2D eigenvalue weighted by Gasteiger charge is -2.17. The Morgan fingerprint density at radius 2 is 1.96 bits per heavy atom. The molecule has 4 nitrogen and oxygen atoms in total. The van der Waals surface area contributed by atoms with Crippen LogP contribution in [-0.2, 0) is 6.54 Å². The van der Waals surface area contributed by atoms with Crippen molar-refractivity contribution >= 4 is 17.9 Å². The van der Waals surface area contributed by atoms with E-state index < -0.39 is 0 Å². The van der Waals surface area contributed by atoms with Gasteiger partial charge in [0.1, 0.15) is 17.8 Å². The van der Waals surface area contributed by atoms with Gasteiger partial charge in [-0.05, 0) is 60.8 Å². The first kappa shape index (κ1) is 18.7. The number of benzene rings is 2. The molecule has 1 aliphatic heterocycles. The Balaban J connectivity index is 1.47. The van der Waals surface area contributed by atoms with Gasteiger partial charge in [0.05, 0.1) is 10.7 Å². The van der Waals surface area contributed by atoms with Gasteiger partial charge in [0.25, 0.3) is 0 Å². The van der Waals surface area contributed by atoms with Gasteiger partial charge in [0.2, 0.25) is 0 Å². The molecule has 1 unspecified atom stereocenters. The number of hydrogen-bond acceptors (Lipinski definition) is 4. The van der Waals surface area contributed by atoms with Crippen molar-refractivity contribution in [1.29, 1.82) is 0 Å². The van der Waals surface area contributed by atoms with E-state index in [9.17, 15) is 4.79 Å². The number of hydrogen-bond donors (Lipinski definition) is 0. The van der Waals surface area contributed by atoms with E-state index in [4.69, 9.17) is 16.3 Å². The highest BCUT2D eigenvalue weighted by Gasteiger charge is 2.26. The molecule has 1 saturated heterocycles. The number of halogens is 1. The average Bonchev–Trinajstić information content (AvgIpc) is 3.19. The largest absolute Gasteiger partial charge is 0.457 e. The van der Waals surface area contributed by atoms with Gasteiger partial charge in [-0.15, -0.1) is 0 Å². The van der Waals surface area contributed by atoms with E-state index in [1.807, 2.05) is 60.7 Å². The van der Waals surface area contributed by atoms with Crippen molar-refractivity contribution in [2.75, 3.05) is 13.1 Å². The Kier molecular flexibility index (Phi) is 5.70. The Morgan fingerprint density at radius 3 is 2.75 bits per heavy atom. The number of rotatable bonds is 6. The first-order valence-electron chi connectivity index (χ1n) is 9.36. The lowest BCUT2D eigenvalue weighted by molar-refractivity contribution is 0.112. The highest BCUT2D eigenvalue weighted by molar-refractivity contribution is 6.31. The molecule has 2 heterocycles. The summed E-state index contributed by atoms with van der Waals surface area (Å²) in [4.78, 5) is 18.4. The Bertz CT molecular complexity index is 962. The Hall–Kier alpha value is -2.69. The van der Waals surface area contributed by atoms with Crippen LogP contribution in [0.4, 0.5) is 0 Å². The van der Waals surface area contributed by atoms with Gasteiger partial charge < -0.3 is 4.74 Å². The highest BCUT2D eigenvalue weighted by atomic mass is 35.5. The standard InChI is InChI=1S/C23H21ClN2O2/c24-22-7-4-11-25-23(22)15-26-12-10-17(14-26)21-9-8-20(13-18(21)16-27)28-19-5-2-1-3-6-19/h1-9,11,13,16-17H,10,12,14-15H2. The van der Waals surface area contributed by atoms with Gasteiger partial charge in [-0.25, -0.2) is 0 Å². The van der Waals surface area contributed by atoms with E-state index >= 15 is 0 Å². The van der Waals surface area contributed by atoms with Gasteiger partial charge in [0, 0.05) is 24.8 Å². The van der Waals surface area contributed by atoms with Crippen molar-refractivity contribution in [3.63, 3.8) is 0 Å². The number of carbonyl (C=O) groups excluding carboxylic acids is 1. The maximum atomic E-state index is 11.7. The van der Waals surface area contributed by atoms with Crippen LogP contribution in [0.3, 0.4) is 0 Å². The molecule has 3 aromatic rings. The second kappa shape index (κ2) is 8.55. The fraction of sp³-hybridized carbons (Fsp3) is 0.217. The van der Waals surface area contributed by atoms with Gasteiger partial charge in [0.15, 0.2) is 0 Å². The van der Waals surface area contributed by atoms with Crippen LogP contribution in [-0.4, -0.2) is 29.3 Å². The fourth-order valence-electron chi connectivity index (χ4n) is 3.69. The highest BCUT2D eigenvalue weighted by Crippen LogP contribution is 2.33. The van der Waals surface area contributed by atoms with Crippen molar-refractivity contribution in [2.24, 2.45) is 0 Å². The topological polar surface area (TPSA) is 42.4 Å². The smallest absolute Gasteiger partial charge is 0.150 e. The zero-order chi connectivity index (χ0) is 19.3. The molecule has 0 spiro atoms. The molecule has 0 bridgehead atoms. The molecule has 0 aliphatic carbocycles.